The van der Waals surface area contributed by atoms with Crippen LogP contribution < -0.4 is 10.1 Å². The van der Waals surface area contributed by atoms with Crippen LogP contribution in [0.1, 0.15) is 29.7 Å². The van der Waals surface area contributed by atoms with Crippen molar-refractivity contribution in [1.29, 1.82) is 0 Å². The van der Waals surface area contributed by atoms with E-state index in [-0.39, 0.29) is 10.6 Å². The van der Waals surface area contributed by atoms with Gasteiger partial charge in [-0.05, 0) is 43.0 Å². The molecular weight excluding hydrogens is 356 g/mol. The first-order valence-corrected chi connectivity index (χ1v) is 9.38. The SMILES string of the molecule is COc1ccc(Cc2nn(-c3ccccc3[N+](=O)[O-])c3c2CCCCN3)cc1. The van der Waals surface area contributed by atoms with Gasteiger partial charge >= 0.3 is 0 Å². The first-order chi connectivity index (χ1) is 13.7. The summed E-state index contributed by atoms with van der Waals surface area (Å²) in [6.07, 6.45) is 3.71. The van der Waals surface area contributed by atoms with Crippen LogP contribution in [-0.4, -0.2) is 28.4 Å². The third kappa shape index (κ3) is 3.43. The minimum absolute atomic E-state index is 0.0508. The predicted molar refractivity (Wildman–Crippen MR) is 107 cm³/mol. The third-order valence-corrected chi connectivity index (χ3v) is 5.05. The van der Waals surface area contributed by atoms with Crippen LogP contribution in [0.25, 0.3) is 5.69 Å². The van der Waals surface area contributed by atoms with Gasteiger partial charge in [-0.3, -0.25) is 10.1 Å². The Hall–Kier alpha value is -3.35. The molecule has 0 spiro atoms. The molecule has 1 aliphatic heterocycles. The molecule has 144 valence electrons. The van der Waals surface area contributed by atoms with E-state index >= 15 is 0 Å². The zero-order chi connectivity index (χ0) is 19.5. The summed E-state index contributed by atoms with van der Waals surface area (Å²) in [5.74, 6) is 1.69. The Labute approximate surface area is 163 Å². The summed E-state index contributed by atoms with van der Waals surface area (Å²) in [6, 6.07) is 14.7. The summed E-state index contributed by atoms with van der Waals surface area (Å²) in [7, 11) is 1.65. The molecule has 0 amide bonds. The molecule has 7 heteroatoms. The van der Waals surface area contributed by atoms with Crippen LogP contribution in [0.3, 0.4) is 0 Å². The molecule has 4 rings (SSSR count). The Kier molecular flexibility index (Phi) is 4.97. The number of fused-ring (bicyclic) bond motifs is 1. The number of hydrogen-bond acceptors (Lipinski definition) is 5. The van der Waals surface area contributed by atoms with E-state index in [0.29, 0.717) is 12.1 Å². The molecule has 0 radical (unpaired) electrons. The number of benzene rings is 2. The number of methoxy groups -OCH3 is 1. The van der Waals surface area contributed by atoms with Crippen molar-refractivity contribution in [1.82, 2.24) is 9.78 Å². The molecule has 0 bridgehead atoms. The van der Waals surface area contributed by atoms with Crippen molar-refractivity contribution in [3.05, 3.63) is 75.5 Å². The van der Waals surface area contributed by atoms with E-state index in [0.717, 1.165) is 54.2 Å². The number of nitro groups is 1. The Morgan fingerprint density at radius 3 is 2.71 bits per heavy atom. The molecule has 2 heterocycles. The molecule has 0 saturated heterocycles. The normalized spacial score (nSPS) is 13.3. The first-order valence-electron chi connectivity index (χ1n) is 9.38. The van der Waals surface area contributed by atoms with Gasteiger partial charge in [-0.1, -0.05) is 24.3 Å². The molecule has 1 N–H and O–H groups in total. The number of hydrogen-bond donors (Lipinski definition) is 1. The molecule has 2 aromatic carbocycles. The van der Waals surface area contributed by atoms with E-state index in [2.05, 4.69) is 5.32 Å². The molecule has 1 aliphatic rings. The van der Waals surface area contributed by atoms with Crippen molar-refractivity contribution in [3.63, 3.8) is 0 Å². The van der Waals surface area contributed by atoms with E-state index in [4.69, 9.17) is 9.84 Å². The van der Waals surface area contributed by atoms with E-state index in [1.807, 2.05) is 24.3 Å². The van der Waals surface area contributed by atoms with Gasteiger partial charge in [-0.25, -0.2) is 4.68 Å². The van der Waals surface area contributed by atoms with Crippen molar-refractivity contribution in [3.8, 4) is 11.4 Å². The standard InChI is InChI=1S/C21H22N4O3/c1-28-16-11-9-15(10-12-16)14-18-17-6-4-5-13-22-21(17)24(23-18)19-7-2-3-8-20(19)25(26)27/h2-3,7-12,22H,4-6,13-14H2,1H3. The largest absolute Gasteiger partial charge is 0.497 e. The topological polar surface area (TPSA) is 82.2 Å². The van der Waals surface area contributed by atoms with Gasteiger partial charge in [-0.15, -0.1) is 0 Å². The highest BCUT2D eigenvalue weighted by Gasteiger charge is 2.24. The van der Waals surface area contributed by atoms with Crippen LogP contribution in [0.15, 0.2) is 48.5 Å². The molecule has 0 unspecified atom stereocenters. The maximum Gasteiger partial charge on any atom is 0.294 e. The zero-order valence-corrected chi connectivity index (χ0v) is 15.7. The number of nitro benzene ring substituents is 1. The average Bonchev–Trinajstić information content (AvgIpc) is 2.89. The van der Waals surface area contributed by atoms with Gasteiger partial charge in [0.1, 0.15) is 17.3 Å². The van der Waals surface area contributed by atoms with Crippen molar-refractivity contribution in [2.75, 3.05) is 19.0 Å². The summed E-state index contributed by atoms with van der Waals surface area (Å²) >= 11 is 0. The number of nitrogens with one attached hydrogen (secondary N) is 1. The van der Waals surface area contributed by atoms with E-state index in [9.17, 15) is 10.1 Å². The molecule has 0 atom stereocenters. The van der Waals surface area contributed by atoms with Gasteiger partial charge < -0.3 is 10.1 Å². The Bertz CT molecular complexity index is 995. The van der Waals surface area contributed by atoms with Crippen LogP contribution in [0.5, 0.6) is 5.75 Å². The molecule has 1 aromatic heterocycles. The number of anilines is 1. The quantitative estimate of drug-likeness (QED) is 0.533. The summed E-state index contributed by atoms with van der Waals surface area (Å²) < 4.78 is 6.94. The van der Waals surface area contributed by atoms with E-state index in [1.54, 1.807) is 30.0 Å². The van der Waals surface area contributed by atoms with Crippen molar-refractivity contribution in [2.24, 2.45) is 0 Å². The highest BCUT2D eigenvalue weighted by molar-refractivity contribution is 5.60. The molecule has 0 aliphatic carbocycles. The summed E-state index contributed by atoms with van der Waals surface area (Å²) in [5, 5.41) is 19.8. The highest BCUT2D eigenvalue weighted by Crippen LogP contribution is 2.32. The second-order valence-electron chi connectivity index (χ2n) is 6.84. The minimum Gasteiger partial charge on any atom is -0.497 e. The lowest BCUT2D eigenvalue weighted by Crippen LogP contribution is -2.08. The van der Waals surface area contributed by atoms with E-state index < -0.39 is 0 Å². The van der Waals surface area contributed by atoms with Crippen LogP contribution in [0.4, 0.5) is 11.5 Å². The fraction of sp³-hybridized carbons (Fsp3) is 0.286. The molecule has 7 nitrogen and oxygen atoms in total. The average molecular weight is 378 g/mol. The summed E-state index contributed by atoms with van der Waals surface area (Å²) in [4.78, 5) is 11.2. The van der Waals surface area contributed by atoms with Gasteiger partial charge in [0.15, 0.2) is 0 Å². The predicted octanol–water partition coefficient (Wildman–Crippen LogP) is 4.13. The van der Waals surface area contributed by atoms with Gasteiger partial charge in [0.25, 0.3) is 5.69 Å². The van der Waals surface area contributed by atoms with Crippen molar-refractivity contribution >= 4 is 11.5 Å². The molecule has 0 saturated carbocycles. The smallest absolute Gasteiger partial charge is 0.294 e. The van der Waals surface area contributed by atoms with Crippen LogP contribution in [-0.2, 0) is 12.8 Å². The Morgan fingerprint density at radius 2 is 1.96 bits per heavy atom. The molecule has 28 heavy (non-hydrogen) atoms. The van der Waals surface area contributed by atoms with Gasteiger partial charge in [-0.2, -0.15) is 5.10 Å². The number of nitrogens with zero attached hydrogens (tertiary/aromatic N) is 3. The number of ether oxygens (including phenoxy) is 1. The van der Waals surface area contributed by atoms with Crippen molar-refractivity contribution < 1.29 is 9.66 Å². The zero-order valence-electron chi connectivity index (χ0n) is 15.7. The van der Waals surface area contributed by atoms with Gasteiger partial charge in [0.05, 0.1) is 17.7 Å². The lowest BCUT2D eigenvalue weighted by atomic mass is 10.0. The highest BCUT2D eigenvalue weighted by atomic mass is 16.6. The Morgan fingerprint density at radius 1 is 1.18 bits per heavy atom. The lowest BCUT2D eigenvalue weighted by Gasteiger charge is -2.09. The number of para-hydroxylation sites is 2. The van der Waals surface area contributed by atoms with Crippen LogP contribution >= 0.6 is 0 Å². The minimum atomic E-state index is -0.358. The fourth-order valence-electron chi connectivity index (χ4n) is 3.62. The molecule has 3 aromatic rings. The Balaban J connectivity index is 1.79. The second-order valence-corrected chi connectivity index (χ2v) is 6.84. The fourth-order valence-corrected chi connectivity index (χ4v) is 3.62. The molecule has 0 fully saturated rings. The first kappa shape index (κ1) is 18.0. The maximum absolute atomic E-state index is 11.5. The van der Waals surface area contributed by atoms with Crippen LogP contribution in [0, 0.1) is 10.1 Å². The number of rotatable bonds is 5. The maximum atomic E-state index is 11.5. The molecular formula is C21H22N4O3. The van der Waals surface area contributed by atoms with E-state index in [1.165, 1.54) is 6.07 Å². The third-order valence-electron chi connectivity index (χ3n) is 5.05. The van der Waals surface area contributed by atoms with Crippen LogP contribution in [0.2, 0.25) is 0 Å². The number of aromatic nitrogens is 2. The van der Waals surface area contributed by atoms with Gasteiger partial charge in [0, 0.05) is 24.6 Å². The summed E-state index contributed by atoms with van der Waals surface area (Å²) in [5.41, 5.74) is 3.76. The van der Waals surface area contributed by atoms with Gasteiger partial charge in [0.2, 0.25) is 0 Å². The second kappa shape index (κ2) is 7.72. The monoisotopic (exact) mass is 378 g/mol. The summed E-state index contributed by atoms with van der Waals surface area (Å²) in [6.45, 7) is 0.835. The lowest BCUT2D eigenvalue weighted by molar-refractivity contribution is -0.384. The van der Waals surface area contributed by atoms with Crippen molar-refractivity contribution in [2.45, 2.75) is 25.7 Å².